The molecule has 1 N–H and O–H groups in total. The molecule has 3 aromatic heterocycles. The van der Waals surface area contributed by atoms with E-state index in [2.05, 4.69) is 34.7 Å². The van der Waals surface area contributed by atoms with Crippen LogP contribution in [-0.2, 0) is 6.54 Å². The molecule has 0 spiro atoms. The number of nitrogens with one attached hydrogen (secondary N) is 1. The lowest BCUT2D eigenvalue weighted by Gasteiger charge is -2.00. The zero-order valence-corrected chi connectivity index (χ0v) is 13.6. The van der Waals surface area contributed by atoms with Crippen LogP contribution in [0.1, 0.15) is 36.3 Å². The van der Waals surface area contributed by atoms with Gasteiger partial charge >= 0.3 is 0 Å². The van der Waals surface area contributed by atoms with Crippen molar-refractivity contribution in [2.45, 2.75) is 32.2 Å². The SMILES string of the molecule is CCNCc1sc(-c2cnc3ccsc3c2)nc1C1CC1. The summed E-state index contributed by atoms with van der Waals surface area (Å²) in [5.41, 5.74) is 3.55. The minimum atomic E-state index is 0.696. The van der Waals surface area contributed by atoms with E-state index in [1.165, 1.54) is 28.1 Å². The Morgan fingerprint density at radius 1 is 1.38 bits per heavy atom. The lowest BCUT2D eigenvalue weighted by molar-refractivity contribution is 0.727. The fourth-order valence-corrected chi connectivity index (χ4v) is 4.37. The van der Waals surface area contributed by atoms with Gasteiger partial charge in [-0.1, -0.05) is 6.92 Å². The Bertz CT molecular complexity index is 771. The second kappa shape index (κ2) is 5.48. The summed E-state index contributed by atoms with van der Waals surface area (Å²) >= 11 is 3.56. The third-order valence-corrected chi connectivity index (χ3v) is 5.75. The normalized spacial score (nSPS) is 14.9. The maximum atomic E-state index is 4.93. The lowest BCUT2D eigenvalue weighted by Crippen LogP contribution is -2.11. The van der Waals surface area contributed by atoms with Crippen molar-refractivity contribution >= 4 is 32.9 Å². The van der Waals surface area contributed by atoms with Crippen LogP contribution in [0, 0.1) is 0 Å². The van der Waals surface area contributed by atoms with E-state index in [9.17, 15) is 0 Å². The predicted octanol–water partition coefficient (Wildman–Crippen LogP) is 4.41. The van der Waals surface area contributed by atoms with E-state index < -0.39 is 0 Å². The highest BCUT2D eigenvalue weighted by Gasteiger charge is 2.29. The molecule has 1 aliphatic carbocycles. The van der Waals surface area contributed by atoms with Gasteiger partial charge in [0.05, 0.1) is 15.9 Å². The van der Waals surface area contributed by atoms with Gasteiger partial charge < -0.3 is 5.32 Å². The number of thiazole rings is 1. The van der Waals surface area contributed by atoms with E-state index in [0.29, 0.717) is 5.92 Å². The summed E-state index contributed by atoms with van der Waals surface area (Å²) in [4.78, 5) is 10.9. The van der Waals surface area contributed by atoms with Gasteiger partial charge in [-0.3, -0.25) is 4.98 Å². The van der Waals surface area contributed by atoms with Gasteiger partial charge in [-0.15, -0.1) is 22.7 Å². The van der Waals surface area contributed by atoms with Gasteiger partial charge in [-0.2, -0.15) is 0 Å². The monoisotopic (exact) mass is 315 g/mol. The number of rotatable bonds is 5. The minimum absolute atomic E-state index is 0.696. The van der Waals surface area contributed by atoms with Crippen LogP contribution in [0.3, 0.4) is 0 Å². The molecule has 0 aliphatic heterocycles. The summed E-state index contributed by atoms with van der Waals surface area (Å²) in [5, 5.41) is 6.65. The van der Waals surface area contributed by atoms with Crippen molar-refractivity contribution in [1.82, 2.24) is 15.3 Å². The Morgan fingerprint density at radius 3 is 3.10 bits per heavy atom. The van der Waals surface area contributed by atoms with Crippen LogP contribution in [0.2, 0.25) is 0 Å². The van der Waals surface area contributed by atoms with Crippen molar-refractivity contribution in [3.05, 3.63) is 34.3 Å². The van der Waals surface area contributed by atoms with Gasteiger partial charge in [0.25, 0.3) is 0 Å². The maximum Gasteiger partial charge on any atom is 0.125 e. The van der Waals surface area contributed by atoms with Gasteiger partial charge in [-0.05, 0) is 36.9 Å². The van der Waals surface area contributed by atoms with Crippen molar-refractivity contribution in [3.8, 4) is 10.6 Å². The molecule has 0 amide bonds. The molecule has 3 nitrogen and oxygen atoms in total. The molecule has 0 radical (unpaired) electrons. The zero-order valence-electron chi connectivity index (χ0n) is 11.9. The van der Waals surface area contributed by atoms with Crippen molar-refractivity contribution in [2.24, 2.45) is 0 Å². The first-order valence-electron chi connectivity index (χ1n) is 7.39. The Balaban J connectivity index is 1.73. The van der Waals surface area contributed by atoms with Gasteiger partial charge in [0.2, 0.25) is 0 Å². The third kappa shape index (κ3) is 2.61. The van der Waals surface area contributed by atoms with Crippen molar-refractivity contribution < 1.29 is 0 Å². The summed E-state index contributed by atoms with van der Waals surface area (Å²) in [6, 6.07) is 4.29. The molecule has 4 rings (SSSR count). The molecule has 21 heavy (non-hydrogen) atoms. The van der Waals surface area contributed by atoms with E-state index in [4.69, 9.17) is 4.98 Å². The van der Waals surface area contributed by atoms with Gasteiger partial charge in [-0.25, -0.2) is 4.98 Å². The van der Waals surface area contributed by atoms with Crippen LogP contribution in [0.5, 0.6) is 0 Å². The topological polar surface area (TPSA) is 37.8 Å². The van der Waals surface area contributed by atoms with Crippen LogP contribution in [0.4, 0.5) is 0 Å². The molecule has 1 aliphatic rings. The Labute approximate surface area is 132 Å². The molecule has 1 saturated carbocycles. The Kier molecular flexibility index (Phi) is 3.49. The zero-order chi connectivity index (χ0) is 14.2. The van der Waals surface area contributed by atoms with Crippen molar-refractivity contribution in [2.75, 3.05) is 6.54 Å². The van der Waals surface area contributed by atoms with Crippen LogP contribution in [0.15, 0.2) is 23.7 Å². The Morgan fingerprint density at radius 2 is 2.29 bits per heavy atom. The first-order chi connectivity index (χ1) is 10.3. The van der Waals surface area contributed by atoms with E-state index in [0.717, 1.165) is 29.2 Å². The van der Waals surface area contributed by atoms with Gasteiger partial charge in [0.15, 0.2) is 0 Å². The molecule has 0 aromatic carbocycles. The van der Waals surface area contributed by atoms with Crippen LogP contribution >= 0.6 is 22.7 Å². The van der Waals surface area contributed by atoms with Gasteiger partial charge in [0.1, 0.15) is 5.01 Å². The largest absolute Gasteiger partial charge is 0.312 e. The summed E-state index contributed by atoms with van der Waals surface area (Å²) < 4.78 is 1.24. The maximum absolute atomic E-state index is 4.93. The predicted molar refractivity (Wildman–Crippen MR) is 90.1 cm³/mol. The first-order valence-corrected chi connectivity index (χ1v) is 9.08. The molecule has 3 heterocycles. The molecule has 0 saturated heterocycles. The second-order valence-corrected chi connectivity index (χ2v) is 7.44. The molecule has 0 bridgehead atoms. The van der Waals surface area contributed by atoms with Crippen molar-refractivity contribution in [1.29, 1.82) is 0 Å². The highest BCUT2D eigenvalue weighted by molar-refractivity contribution is 7.17. The molecule has 3 aromatic rings. The molecule has 0 unspecified atom stereocenters. The summed E-state index contributed by atoms with van der Waals surface area (Å²) in [6.07, 6.45) is 4.55. The van der Waals surface area contributed by atoms with Crippen LogP contribution in [-0.4, -0.2) is 16.5 Å². The molecular formula is C16H17N3S2. The average molecular weight is 315 g/mol. The molecule has 0 atom stereocenters. The van der Waals surface area contributed by atoms with Crippen LogP contribution in [0.25, 0.3) is 20.8 Å². The van der Waals surface area contributed by atoms with E-state index in [1.807, 2.05) is 17.5 Å². The Hall–Kier alpha value is -1.30. The highest BCUT2D eigenvalue weighted by atomic mass is 32.1. The standard InChI is InChI=1S/C16H17N3S2/c1-2-17-9-14-15(10-3-4-10)19-16(21-14)11-7-13-12(18-8-11)5-6-20-13/h5-8,10,17H,2-4,9H2,1H3. The van der Waals surface area contributed by atoms with Crippen LogP contribution < -0.4 is 5.32 Å². The van der Waals surface area contributed by atoms with Crippen molar-refractivity contribution in [3.63, 3.8) is 0 Å². The second-order valence-electron chi connectivity index (χ2n) is 5.41. The first kappa shape index (κ1) is 13.4. The molecular weight excluding hydrogens is 298 g/mol. The summed E-state index contributed by atoms with van der Waals surface area (Å²) in [6.45, 7) is 4.09. The van der Waals surface area contributed by atoms with E-state index in [1.54, 1.807) is 11.3 Å². The van der Waals surface area contributed by atoms with E-state index in [-0.39, 0.29) is 0 Å². The average Bonchev–Trinajstić information content (AvgIpc) is 3.10. The molecule has 5 heteroatoms. The van der Waals surface area contributed by atoms with Gasteiger partial charge in [0, 0.05) is 29.1 Å². The number of pyridine rings is 1. The number of hydrogen-bond donors (Lipinski definition) is 1. The molecule has 1 fully saturated rings. The highest BCUT2D eigenvalue weighted by Crippen LogP contribution is 2.44. The number of aromatic nitrogens is 2. The smallest absolute Gasteiger partial charge is 0.125 e. The number of nitrogens with zero attached hydrogens (tertiary/aromatic N) is 2. The lowest BCUT2D eigenvalue weighted by atomic mass is 10.2. The number of thiophene rings is 1. The quantitative estimate of drug-likeness (QED) is 0.758. The summed E-state index contributed by atoms with van der Waals surface area (Å²) in [7, 11) is 0. The minimum Gasteiger partial charge on any atom is -0.312 e. The number of hydrogen-bond acceptors (Lipinski definition) is 5. The fraction of sp³-hybridized carbons (Fsp3) is 0.375. The summed E-state index contributed by atoms with van der Waals surface area (Å²) in [5.74, 6) is 0.696. The number of fused-ring (bicyclic) bond motifs is 1. The van der Waals surface area contributed by atoms with E-state index >= 15 is 0 Å². The fourth-order valence-electron chi connectivity index (χ4n) is 2.49. The third-order valence-electron chi connectivity index (χ3n) is 3.78. The molecule has 108 valence electrons.